The van der Waals surface area contributed by atoms with Gasteiger partial charge >= 0.3 is 0 Å². The summed E-state index contributed by atoms with van der Waals surface area (Å²) in [6.07, 6.45) is 3.44. The van der Waals surface area contributed by atoms with Crippen molar-refractivity contribution in [1.29, 1.82) is 0 Å². The maximum atomic E-state index is 12.9. The maximum absolute atomic E-state index is 12.9. The molecule has 1 aliphatic carbocycles. The summed E-state index contributed by atoms with van der Waals surface area (Å²) in [5.74, 6) is -0.672. The number of hydrogen-bond donors (Lipinski definition) is 1. The van der Waals surface area contributed by atoms with Crippen molar-refractivity contribution in [2.45, 2.75) is 31.6 Å². The summed E-state index contributed by atoms with van der Waals surface area (Å²) < 4.78 is 12.9. The van der Waals surface area contributed by atoms with Gasteiger partial charge in [-0.25, -0.2) is 4.98 Å². The molecule has 1 aromatic heterocycles. The van der Waals surface area contributed by atoms with Crippen LogP contribution in [0.25, 0.3) is 0 Å². The van der Waals surface area contributed by atoms with Crippen molar-refractivity contribution < 1.29 is 14.0 Å². The molecule has 1 amide bonds. The van der Waals surface area contributed by atoms with E-state index >= 15 is 0 Å². The predicted molar refractivity (Wildman–Crippen MR) is 61.0 cm³/mol. The molecule has 1 fully saturated rings. The van der Waals surface area contributed by atoms with E-state index in [-0.39, 0.29) is 11.7 Å². The van der Waals surface area contributed by atoms with Gasteiger partial charge in [0.15, 0.2) is 5.13 Å². The molecule has 0 saturated heterocycles. The molecule has 2 N–H and O–H groups in total. The van der Waals surface area contributed by atoms with E-state index in [2.05, 4.69) is 4.98 Å². The normalized spacial score (nSPS) is 21.7. The van der Waals surface area contributed by atoms with E-state index in [4.69, 9.17) is 5.73 Å². The van der Waals surface area contributed by atoms with Crippen molar-refractivity contribution >= 4 is 23.0 Å². The van der Waals surface area contributed by atoms with Crippen LogP contribution in [0.3, 0.4) is 0 Å². The SMILES string of the molecule is NC(=O)C(C[C@H]1CCC(=O)C1)c1ncc(F)s1. The molecule has 17 heavy (non-hydrogen) atoms. The number of carbonyl (C=O) groups excluding carboxylic acids is 2. The largest absolute Gasteiger partial charge is 0.369 e. The average molecular weight is 256 g/mol. The molecule has 1 saturated carbocycles. The second-order valence-electron chi connectivity index (χ2n) is 4.34. The lowest BCUT2D eigenvalue weighted by atomic mass is 9.93. The van der Waals surface area contributed by atoms with Crippen LogP contribution in [0.2, 0.25) is 0 Å². The lowest BCUT2D eigenvalue weighted by Gasteiger charge is -2.14. The van der Waals surface area contributed by atoms with E-state index in [0.29, 0.717) is 24.3 Å². The minimum atomic E-state index is -0.569. The summed E-state index contributed by atoms with van der Waals surface area (Å²) >= 11 is 0.845. The number of hydrogen-bond acceptors (Lipinski definition) is 4. The van der Waals surface area contributed by atoms with Crippen LogP contribution >= 0.6 is 11.3 Å². The molecular formula is C11H13FN2O2S. The van der Waals surface area contributed by atoms with Crippen LogP contribution in [0.5, 0.6) is 0 Å². The first-order valence-corrected chi connectivity index (χ1v) is 6.30. The van der Waals surface area contributed by atoms with Gasteiger partial charge < -0.3 is 5.73 Å². The number of carbonyl (C=O) groups is 2. The van der Waals surface area contributed by atoms with Gasteiger partial charge in [0, 0.05) is 12.8 Å². The lowest BCUT2D eigenvalue weighted by Crippen LogP contribution is -2.23. The Labute approximate surface area is 102 Å². The second kappa shape index (κ2) is 4.91. The molecule has 0 radical (unpaired) electrons. The molecule has 92 valence electrons. The van der Waals surface area contributed by atoms with Gasteiger partial charge in [-0.05, 0) is 18.8 Å². The van der Waals surface area contributed by atoms with Gasteiger partial charge in [0.1, 0.15) is 10.8 Å². The molecule has 0 aromatic carbocycles. The zero-order valence-electron chi connectivity index (χ0n) is 9.19. The van der Waals surface area contributed by atoms with Gasteiger partial charge in [-0.15, -0.1) is 0 Å². The van der Waals surface area contributed by atoms with Crippen LogP contribution in [0.15, 0.2) is 6.20 Å². The quantitative estimate of drug-likeness (QED) is 0.889. The number of amides is 1. The lowest BCUT2D eigenvalue weighted by molar-refractivity contribution is -0.120. The summed E-state index contributed by atoms with van der Waals surface area (Å²) in [5, 5.41) is -0.0110. The smallest absolute Gasteiger partial charge is 0.227 e. The van der Waals surface area contributed by atoms with E-state index in [1.54, 1.807) is 0 Å². The monoisotopic (exact) mass is 256 g/mol. The molecule has 0 bridgehead atoms. The molecule has 1 aliphatic rings. The Bertz CT molecular complexity index is 446. The fraction of sp³-hybridized carbons (Fsp3) is 0.545. The summed E-state index contributed by atoms with van der Waals surface area (Å²) in [5.41, 5.74) is 5.31. The molecule has 2 rings (SSSR count). The van der Waals surface area contributed by atoms with E-state index in [9.17, 15) is 14.0 Å². The van der Waals surface area contributed by atoms with E-state index in [0.717, 1.165) is 24.0 Å². The third-order valence-electron chi connectivity index (χ3n) is 3.05. The first-order valence-electron chi connectivity index (χ1n) is 5.48. The third-order valence-corrected chi connectivity index (χ3v) is 3.95. The van der Waals surface area contributed by atoms with Crippen LogP contribution in [0, 0.1) is 11.0 Å². The van der Waals surface area contributed by atoms with Crippen molar-refractivity contribution in [3.8, 4) is 0 Å². The minimum absolute atomic E-state index is 0.173. The molecule has 4 nitrogen and oxygen atoms in total. The number of primary amides is 1. The molecule has 6 heteroatoms. The summed E-state index contributed by atoms with van der Waals surface area (Å²) in [6, 6.07) is 0. The molecular weight excluding hydrogens is 243 g/mol. The van der Waals surface area contributed by atoms with Crippen LogP contribution in [0.1, 0.15) is 36.6 Å². The van der Waals surface area contributed by atoms with E-state index in [1.807, 2.05) is 0 Å². The van der Waals surface area contributed by atoms with Crippen molar-refractivity contribution in [1.82, 2.24) is 4.98 Å². The number of thiazole rings is 1. The standard InChI is InChI=1S/C11H13FN2O2S/c12-9-5-14-11(17-9)8(10(13)16)4-6-1-2-7(15)3-6/h5-6,8H,1-4H2,(H2,13,16)/t6-,8?/m0/s1. The zero-order valence-corrected chi connectivity index (χ0v) is 10.0. The Kier molecular flexibility index (Phi) is 3.51. The highest BCUT2D eigenvalue weighted by molar-refractivity contribution is 7.10. The Morgan fingerprint density at radius 2 is 2.47 bits per heavy atom. The number of ketones is 1. The molecule has 0 aliphatic heterocycles. The van der Waals surface area contributed by atoms with Crippen LogP contribution in [0.4, 0.5) is 4.39 Å². The fourth-order valence-corrected chi connectivity index (χ4v) is 2.96. The molecule has 1 heterocycles. The average Bonchev–Trinajstić information content (AvgIpc) is 2.83. The van der Waals surface area contributed by atoms with Crippen molar-refractivity contribution in [2.75, 3.05) is 0 Å². The summed E-state index contributed by atoms with van der Waals surface area (Å²) in [7, 11) is 0. The van der Waals surface area contributed by atoms with Gasteiger partial charge in [0.05, 0.1) is 12.1 Å². The number of Topliss-reactive ketones (excluding diaryl/α,β-unsaturated/α-hetero) is 1. The Morgan fingerprint density at radius 3 is 2.94 bits per heavy atom. The predicted octanol–water partition coefficient (Wildman–Crippen LogP) is 1.61. The fourth-order valence-electron chi connectivity index (χ4n) is 2.19. The van der Waals surface area contributed by atoms with Crippen molar-refractivity contribution in [2.24, 2.45) is 11.7 Å². The minimum Gasteiger partial charge on any atom is -0.369 e. The van der Waals surface area contributed by atoms with Crippen LogP contribution < -0.4 is 5.73 Å². The maximum Gasteiger partial charge on any atom is 0.227 e. The number of rotatable bonds is 4. The highest BCUT2D eigenvalue weighted by atomic mass is 32.1. The molecule has 1 unspecified atom stereocenters. The number of nitrogens with zero attached hydrogens (tertiary/aromatic N) is 1. The van der Waals surface area contributed by atoms with Crippen LogP contribution in [-0.2, 0) is 9.59 Å². The topological polar surface area (TPSA) is 73.1 Å². The highest BCUT2D eigenvalue weighted by Gasteiger charge is 2.30. The second-order valence-corrected chi connectivity index (χ2v) is 5.35. The molecule has 1 aromatic rings. The third kappa shape index (κ3) is 2.88. The first kappa shape index (κ1) is 12.2. The van der Waals surface area contributed by atoms with Gasteiger partial charge in [0.2, 0.25) is 5.91 Å². The Hall–Kier alpha value is -1.30. The molecule has 0 spiro atoms. The Morgan fingerprint density at radius 1 is 1.71 bits per heavy atom. The van der Waals surface area contributed by atoms with E-state index < -0.39 is 17.0 Å². The summed E-state index contributed by atoms with van der Waals surface area (Å²) in [6.45, 7) is 0. The van der Waals surface area contributed by atoms with Crippen LogP contribution in [-0.4, -0.2) is 16.7 Å². The van der Waals surface area contributed by atoms with Gasteiger partial charge in [0.25, 0.3) is 0 Å². The van der Waals surface area contributed by atoms with Crippen molar-refractivity contribution in [3.63, 3.8) is 0 Å². The first-order chi connectivity index (χ1) is 8.06. The number of nitrogens with two attached hydrogens (primary N) is 1. The van der Waals surface area contributed by atoms with Gasteiger partial charge in [-0.1, -0.05) is 11.3 Å². The Balaban J connectivity index is 2.08. The van der Waals surface area contributed by atoms with E-state index in [1.165, 1.54) is 0 Å². The van der Waals surface area contributed by atoms with Crippen molar-refractivity contribution in [3.05, 3.63) is 16.3 Å². The van der Waals surface area contributed by atoms with Gasteiger partial charge in [-0.2, -0.15) is 4.39 Å². The highest BCUT2D eigenvalue weighted by Crippen LogP contribution is 2.33. The summed E-state index contributed by atoms with van der Waals surface area (Å²) in [4.78, 5) is 26.4. The zero-order chi connectivity index (χ0) is 12.4. The molecule has 2 atom stereocenters. The number of halogens is 1. The number of aromatic nitrogens is 1. The van der Waals surface area contributed by atoms with Gasteiger partial charge in [-0.3, -0.25) is 9.59 Å².